The molecule has 2 atom stereocenters. The second-order valence-electron chi connectivity index (χ2n) is 4.93. The summed E-state index contributed by atoms with van der Waals surface area (Å²) in [6, 6.07) is 0. The van der Waals surface area contributed by atoms with Crippen LogP contribution in [0.1, 0.15) is 48.7 Å². The van der Waals surface area contributed by atoms with Gasteiger partial charge in [-0.05, 0) is 43.6 Å². The topological polar surface area (TPSA) is 51.2 Å². The molecule has 0 amide bonds. The van der Waals surface area contributed by atoms with Gasteiger partial charge in [0.05, 0.1) is 5.69 Å². The Kier molecular flexibility index (Phi) is 4.22. The Hall–Kier alpha value is -1.10. The standard InChI is InChI=1S/C13H20N2O2S/c1-8-6-4-5-7-10(8)17-13(16)11-9(2)15-18-12(11)14-3/h8,10,14H,4-7H2,1-3H3. The molecule has 1 saturated carbocycles. The van der Waals surface area contributed by atoms with Crippen LogP contribution in [0.3, 0.4) is 0 Å². The van der Waals surface area contributed by atoms with Crippen molar-refractivity contribution in [2.75, 3.05) is 12.4 Å². The lowest BCUT2D eigenvalue weighted by molar-refractivity contribution is 0.00487. The number of hydrogen-bond acceptors (Lipinski definition) is 5. The number of aromatic nitrogens is 1. The van der Waals surface area contributed by atoms with Gasteiger partial charge in [0, 0.05) is 7.05 Å². The van der Waals surface area contributed by atoms with Crippen molar-refractivity contribution in [2.24, 2.45) is 5.92 Å². The fourth-order valence-corrected chi connectivity index (χ4v) is 3.17. The van der Waals surface area contributed by atoms with Crippen molar-refractivity contribution in [3.63, 3.8) is 0 Å². The number of nitrogens with zero attached hydrogens (tertiary/aromatic N) is 1. The summed E-state index contributed by atoms with van der Waals surface area (Å²) in [6.07, 6.45) is 4.60. The number of ether oxygens (including phenoxy) is 1. The number of carbonyl (C=O) groups excluding carboxylic acids is 1. The molecule has 0 aromatic carbocycles. The Morgan fingerprint density at radius 3 is 2.83 bits per heavy atom. The molecule has 100 valence electrons. The van der Waals surface area contributed by atoms with Gasteiger partial charge in [-0.1, -0.05) is 13.3 Å². The molecule has 2 rings (SSSR count). The smallest absolute Gasteiger partial charge is 0.343 e. The predicted octanol–water partition coefficient (Wildman–Crippen LogP) is 3.23. The fraction of sp³-hybridized carbons (Fsp3) is 0.692. The molecule has 2 unspecified atom stereocenters. The van der Waals surface area contributed by atoms with Crippen LogP contribution in [0, 0.1) is 12.8 Å². The van der Waals surface area contributed by atoms with Crippen LogP contribution >= 0.6 is 11.5 Å². The van der Waals surface area contributed by atoms with Gasteiger partial charge in [0.1, 0.15) is 16.7 Å². The number of hydrogen-bond donors (Lipinski definition) is 1. The second kappa shape index (κ2) is 5.69. The Morgan fingerprint density at radius 2 is 2.17 bits per heavy atom. The van der Waals surface area contributed by atoms with Crippen LogP contribution in [-0.2, 0) is 4.74 Å². The average Bonchev–Trinajstić information content (AvgIpc) is 2.73. The molecule has 0 bridgehead atoms. The molecule has 1 aliphatic rings. The van der Waals surface area contributed by atoms with E-state index in [-0.39, 0.29) is 12.1 Å². The molecule has 1 aromatic heterocycles. The Bertz CT molecular complexity index is 431. The molecular formula is C13H20N2O2S. The van der Waals surface area contributed by atoms with E-state index in [0.29, 0.717) is 11.5 Å². The minimum atomic E-state index is -0.232. The van der Waals surface area contributed by atoms with Crippen molar-refractivity contribution in [2.45, 2.75) is 45.6 Å². The molecule has 0 radical (unpaired) electrons. The van der Waals surface area contributed by atoms with Gasteiger partial charge in [-0.15, -0.1) is 0 Å². The van der Waals surface area contributed by atoms with Crippen LogP contribution in [0.4, 0.5) is 5.00 Å². The zero-order valence-corrected chi connectivity index (χ0v) is 12.0. The third-order valence-electron chi connectivity index (χ3n) is 3.59. The Morgan fingerprint density at radius 1 is 1.44 bits per heavy atom. The summed E-state index contributed by atoms with van der Waals surface area (Å²) < 4.78 is 9.86. The molecule has 1 aliphatic carbocycles. The maximum absolute atomic E-state index is 12.2. The van der Waals surface area contributed by atoms with Crippen LogP contribution in [-0.4, -0.2) is 23.5 Å². The number of nitrogens with one attached hydrogen (secondary N) is 1. The molecule has 0 spiro atoms. The van der Waals surface area contributed by atoms with Crippen molar-refractivity contribution in [1.29, 1.82) is 0 Å². The monoisotopic (exact) mass is 268 g/mol. The highest BCUT2D eigenvalue weighted by Crippen LogP contribution is 2.30. The van der Waals surface area contributed by atoms with E-state index in [2.05, 4.69) is 16.6 Å². The van der Waals surface area contributed by atoms with Gasteiger partial charge < -0.3 is 10.1 Å². The molecule has 4 nitrogen and oxygen atoms in total. The summed E-state index contributed by atoms with van der Waals surface area (Å²) in [5.41, 5.74) is 1.35. The maximum Gasteiger partial charge on any atom is 0.343 e. The molecule has 1 heterocycles. The van der Waals surface area contributed by atoms with Crippen LogP contribution < -0.4 is 5.32 Å². The molecular weight excluding hydrogens is 248 g/mol. The SMILES string of the molecule is CNc1snc(C)c1C(=O)OC1CCCCC1C. The van der Waals surface area contributed by atoms with E-state index < -0.39 is 0 Å². The summed E-state index contributed by atoms with van der Waals surface area (Å²) in [5.74, 6) is 0.233. The Labute approximate surface area is 112 Å². The van der Waals surface area contributed by atoms with E-state index in [1.54, 1.807) is 7.05 Å². The molecule has 1 N–H and O–H groups in total. The van der Waals surface area contributed by atoms with Crippen LogP contribution in [0.2, 0.25) is 0 Å². The summed E-state index contributed by atoms with van der Waals surface area (Å²) in [4.78, 5) is 12.2. The number of carbonyl (C=O) groups is 1. The van der Waals surface area contributed by atoms with E-state index in [1.807, 2.05) is 6.92 Å². The van der Waals surface area contributed by atoms with E-state index >= 15 is 0 Å². The van der Waals surface area contributed by atoms with Crippen molar-refractivity contribution in [3.05, 3.63) is 11.3 Å². The van der Waals surface area contributed by atoms with Gasteiger partial charge >= 0.3 is 5.97 Å². The molecule has 18 heavy (non-hydrogen) atoms. The van der Waals surface area contributed by atoms with Gasteiger partial charge in [-0.25, -0.2) is 4.79 Å². The first-order valence-electron chi connectivity index (χ1n) is 6.48. The van der Waals surface area contributed by atoms with Crippen molar-refractivity contribution < 1.29 is 9.53 Å². The van der Waals surface area contributed by atoms with Gasteiger partial charge in [0.15, 0.2) is 0 Å². The fourth-order valence-electron chi connectivity index (χ4n) is 2.43. The third-order valence-corrected chi connectivity index (χ3v) is 4.54. The lowest BCUT2D eigenvalue weighted by Crippen LogP contribution is -2.28. The first kappa shape index (κ1) is 13.3. The predicted molar refractivity (Wildman–Crippen MR) is 73.2 cm³/mol. The van der Waals surface area contributed by atoms with Crippen molar-refractivity contribution >= 4 is 22.5 Å². The first-order valence-corrected chi connectivity index (χ1v) is 7.25. The largest absolute Gasteiger partial charge is 0.458 e. The Balaban J connectivity index is 2.09. The summed E-state index contributed by atoms with van der Waals surface area (Å²) in [5, 5.41) is 3.79. The minimum Gasteiger partial charge on any atom is -0.458 e. The molecule has 1 fully saturated rings. The molecule has 0 saturated heterocycles. The normalized spacial score (nSPS) is 23.7. The zero-order valence-electron chi connectivity index (χ0n) is 11.2. The summed E-state index contributed by atoms with van der Waals surface area (Å²) in [6.45, 7) is 4.01. The highest BCUT2D eigenvalue weighted by Gasteiger charge is 2.27. The van der Waals surface area contributed by atoms with E-state index in [1.165, 1.54) is 18.0 Å². The van der Waals surface area contributed by atoms with Crippen LogP contribution in [0.5, 0.6) is 0 Å². The van der Waals surface area contributed by atoms with E-state index in [4.69, 9.17) is 4.74 Å². The van der Waals surface area contributed by atoms with Crippen molar-refractivity contribution in [1.82, 2.24) is 4.37 Å². The van der Waals surface area contributed by atoms with Gasteiger partial charge in [0.2, 0.25) is 0 Å². The lowest BCUT2D eigenvalue weighted by Gasteiger charge is -2.28. The number of esters is 1. The van der Waals surface area contributed by atoms with Crippen molar-refractivity contribution in [3.8, 4) is 0 Å². The van der Waals surface area contributed by atoms with Crippen LogP contribution in [0.15, 0.2) is 0 Å². The zero-order chi connectivity index (χ0) is 13.1. The number of anilines is 1. The van der Waals surface area contributed by atoms with E-state index in [0.717, 1.165) is 30.0 Å². The summed E-state index contributed by atoms with van der Waals surface area (Å²) >= 11 is 1.31. The summed E-state index contributed by atoms with van der Waals surface area (Å²) in [7, 11) is 1.80. The highest BCUT2D eigenvalue weighted by molar-refractivity contribution is 7.10. The highest BCUT2D eigenvalue weighted by atomic mass is 32.1. The quantitative estimate of drug-likeness (QED) is 0.855. The number of aryl methyl sites for hydroxylation is 1. The minimum absolute atomic E-state index is 0.0651. The molecule has 1 aromatic rings. The lowest BCUT2D eigenvalue weighted by atomic mass is 9.88. The van der Waals surface area contributed by atoms with Crippen LogP contribution in [0.25, 0.3) is 0 Å². The first-order chi connectivity index (χ1) is 8.63. The number of rotatable bonds is 3. The third kappa shape index (κ3) is 2.66. The molecule has 5 heteroatoms. The average molecular weight is 268 g/mol. The van der Waals surface area contributed by atoms with Gasteiger partial charge in [-0.2, -0.15) is 4.37 Å². The second-order valence-corrected chi connectivity index (χ2v) is 5.70. The molecule has 0 aliphatic heterocycles. The van der Waals surface area contributed by atoms with Gasteiger partial charge in [-0.3, -0.25) is 0 Å². The van der Waals surface area contributed by atoms with E-state index in [9.17, 15) is 4.79 Å². The maximum atomic E-state index is 12.2. The van der Waals surface area contributed by atoms with Gasteiger partial charge in [0.25, 0.3) is 0 Å².